The van der Waals surface area contributed by atoms with Crippen LogP contribution in [-0.4, -0.2) is 30.9 Å². The second-order valence-electron chi connectivity index (χ2n) is 5.14. The Labute approximate surface area is 117 Å². The summed E-state index contributed by atoms with van der Waals surface area (Å²) >= 11 is 0. The average Bonchev–Trinajstić information content (AvgIpc) is 2.35. The SMILES string of the molecule is CC(C)NCc1cc(F)ccc1N1CC(=O)NC(=O)C1. The monoisotopic (exact) mass is 279 g/mol. The number of nitrogens with one attached hydrogen (secondary N) is 2. The van der Waals surface area contributed by atoms with Crippen molar-refractivity contribution in [3.8, 4) is 0 Å². The molecule has 0 aromatic heterocycles. The van der Waals surface area contributed by atoms with Gasteiger partial charge >= 0.3 is 0 Å². The molecule has 20 heavy (non-hydrogen) atoms. The molecule has 2 amide bonds. The fourth-order valence-corrected chi connectivity index (χ4v) is 2.13. The highest BCUT2D eigenvalue weighted by molar-refractivity contribution is 6.02. The first-order valence-corrected chi connectivity index (χ1v) is 6.55. The molecule has 5 nitrogen and oxygen atoms in total. The van der Waals surface area contributed by atoms with Crippen molar-refractivity contribution in [1.29, 1.82) is 0 Å². The summed E-state index contributed by atoms with van der Waals surface area (Å²) in [7, 11) is 0. The van der Waals surface area contributed by atoms with E-state index < -0.39 is 0 Å². The van der Waals surface area contributed by atoms with Gasteiger partial charge in [-0.2, -0.15) is 0 Å². The van der Waals surface area contributed by atoms with Crippen LogP contribution in [-0.2, 0) is 16.1 Å². The first kappa shape index (κ1) is 14.5. The fourth-order valence-electron chi connectivity index (χ4n) is 2.13. The number of imide groups is 1. The maximum absolute atomic E-state index is 13.4. The number of carbonyl (C=O) groups is 2. The fraction of sp³-hybridized carbons (Fsp3) is 0.429. The van der Waals surface area contributed by atoms with Crippen molar-refractivity contribution in [3.63, 3.8) is 0 Å². The lowest BCUT2D eigenvalue weighted by Gasteiger charge is -2.29. The summed E-state index contributed by atoms with van der Waals surface area (Å²) in [5, 5.41) is 5.46. The molecule has 0 spiro atoms. The Hall–Kier alpha value is -1.95. The zero-order chi connectivity index (χ0) is 14.7. The Kier molecular flexibility index (Phi) is 4.34. The minimum absolute atomic E-state index is 0.103. The van der Waals surface area contributed by atoms with Crippen molar-refractivity contribution in [2.24, 2.45) is 0 Å². The summed E-state index contributed by atoms with van der Waals surface area (Å²) in [6, 6.07) is 4.64. The molecule has 6 heteroatoms. The van der Waals surface area contributed by atoms with E-state index in [0.29, 0.717) is 12.2 Å². The molecule has 0 atom stereocenters. The van der Waals surface area contributed by atoms with Gasteiger partial charge in [-0.05, 0) is 23.8 Å². The van der Waals surface area contributed by atoms with Gasteiger partial charge in [0.1, 0.15) is 5.82 Å². The van der Waals surface area contributed by atoms with Crippen LogP contribution in [0.4, 0.5) is 10.1 Å². The highest BCUT2D eigenvalue weighted by atomic mass is 19.1. The molecule has 0 unspecified atom stereocenters. The summed E-state index contributed by atoms with van der Waals surface area (Å²) in [4.78, 5) is 24.5. The van der Waals surface area contributed by atoms with Crippen molar-refractivity contribution in [3.05, 3.63) is 29.6 Å². The summed E-state index contributed by atoms with van der Waals surface area (Å²) in [6.07, 6.45) is 0. The van der Waals surface area contributed by atoms with Gasteiger partial charge in [-0.1, -0.05) is 13.8 Å². The molecule has 0 bridgehead atoms. The van der Waals surface area contributed by atoms with Crippen LogP contribution in [0.1, 0.15) is 19.4 Å². The zero-order valence-electron chi connectivity index (χ0n) is 11.6. The third kappa shape index (κ3) is 3.54. The number of piperazine rings is 1. The van der Waals surface area contributed by atoms with Crippen LogP contribution in [0.3, 0.4) is 0 Å². The van der Waals surface area contributed by atoms with E-state index in [-0.39, 0.29) is 36.8 Å². The Morgan fingerprint density at radius 2 is 1.95 bits per heavy atom. The molecule has 1 saturated heterocycles. The first-order chi connectivity index (χ1) is 9.45. The van der Waals surface area contributed by atoms with Crippen LogP contribution in [0.5, 0.6) is 0 Å². The highest BCUT2D eigenvalue weighted by Crippen LogP contribution is 2.22. The summed E-state index contributed by atoms with van der Waals surface area (Å²) in [5.74, 6) is -1.01. The van der Waals surface area contributed by atoms with Crippen molar-refractivity contribution >= 4 is 17.5 Å². The van der Waals surface area contributed by atoms with Gasteiger partial charge in [0, 0.05) is 18.3 Å². The minimum Gasteiger partial charge on any atom is -0.353 e. The molecule has 1 aliphatic heterocycles. The first-order valence-electron chi connectivity index (χ1n) is 6.55. The molecule has 0 saturated carbocycles. The molecule has 2 rings (SSSR count). The summed E-state index contributed by atoms with van der Waals surface area (Å²) in [5.41, 5.74) is 1.45. The average molecular weight is 279 g/mol. The van der Waals surface area contributed by atoms with Gasteiger partial charge in [-0.25, -0.2) is 4.39 Å². The standard InChI is InChI=1S/C14H18FN3O2/c1-9(2)16-6-10-5-11(15)3-4-12(10)18-7-13(19)17-14(20)8-18/h3-5,9,16H,6-8H2,1-2H3,(H,17,19,20). The lowest BCUT2D eigenvalue weighted by Crippen LogP contribution is -2.51. The molecule has 2 N–H and O–H groups in total. The second kappa shape index (κ2) is 6.00. The Balaban J connectivity index is 2.25. The van der Waals surface area contributed by atoms with Crippen molar-refractivity contribution in [2.45, 2.75) is 26.4 Å². The molecule has 1 aliphatic rings. The highest BCUT2D eigenvalue weighted by Gasteiger charge is 2.24. The molecular weight excluding hydrogens is 261 g/mol. The molecule has 1 heterocycles. The number of nitrogens with zero attached hydrogens (tertiary/aromatic N) is 1. The predicted molar refractivity (Wildman–Crippen MR) is 73.7 cm³/mol. The molecule has 0 aliphatic carbocycles. The lowest BCUT2D eigenvalue weighted by molar-refractivity contribution is -0.130. The van der Waals surface area contributed by atoms with E-state index in [1.54, 1.807) is 11.0 Å². The quantitative estimate of drug-likeness (QED) is 0.800. The Morgan fingerprint density at radius 3 is 2.55 bits per heavy atom. The smallest absolute Gasteiger partial charge is 0.246 e. The summed E-state index contributed by atoms with van der Waals surface area (Å²) < 4.78 is 13.4. The van der Waals surface area contributed by atoms with E-state index in [1.165, 1.54) is 12.1 Å². The van der Waals surface area contributed by atoms with E-state index in [1.807, 2.05) is 13.8 Å². The van der Waals surface area contributed by atoms with Gasteiger partial charge in [0.25, 0.3) is 0 Å². The summed E-state index contributed by atoms with van der Waals surface area (Å²) in [6.45, 7) is 4.68. The van der Waals surface area contributed by atoms with Crippen molar-refractivity contribution in [2.75, 3.05) is 18.0 Å². The van der Waals surface area contributed by atoms with Crippen molar-refractivity contribution < 1.29 is 14.0 Å². The number of rotatable bonds is 4. The van der Waals surface area contributed by atoms with Crippen LogP contribution in [0.2, 0.25) is 0 Å². The van der Waals surface area contributed by atoms with Gasteiger partial charge in [-0.3, -0.25) is 14.9 Å². The second-order valence-corrected chi connectivity index (χ2v) is 5.14. The van der Waals surface area contributed by atoms with E-state index in [4.69, 9.17) is 0 Å². The molecule has 0 radical (unpaired) electrons. The van der Waals surface area contributed by atoms with Crippen LogP contribution in [0.15, 0.2) is 18.2 Å². The number of benzene rings is 1. The van der Waals surface area contributed by atoms with E-state index in [9.17, 15) is 14.0 Å². The number of halogens is 1. The number of hydrogen-bond donors (Lipinski definition) is 2. The maximum Gasteiger partial charge on any atom is 0.246 e. The predicted octanol–water partition coefficient (Wildman–Crippen LogP) is 0.786. The van der Waals surface area contributed by atoms with Gasteiger partial charge in [0.05, 0.1) is 13.1 Å². The van der Waals surface area contributed by atoms with E-state index in [0.717, 1.165) is 5.56 Å². The van der Waals surface area contributed by atoms with Crippen LogP contribution < -0.4 is 15.5 Å². The van der Waals surface area contributed by atoms with Gasteiger partial charge in [0.2, 0.25) is 11.8 Å². The zero-order valence-corrected chi connectivity index (χ0v) is 11.6. The number of carbonyl (C=O) groups excluding carboxylic acids is 2. The van der Waals surface area contributed by atoms with Crippen LogP contribution in [0.25, 0.3) is 0 Å². The third-order valence-corrected chi connectivity index (χ3v) is 3.03. The van der Waals surface area contributed by atoms with Gasteiger partial charge in [0.15, 0.2) is 0 Å². The van der Waals surface area contributed by atoms with E-state index in [2.05, 4.69) is 10.6 Å². The number of amides is 2. The number of anilines is 1. The molecule has 1 fully saturated rings. The number of hydrogen-bond acceptors (Lipinski definition) is 4. The van der Waals surface area contributed by atoms with Crippen LogP contribution >= 0.6 is 0 Å². The van der Waals surface area contributed by atoms with E-state index >= 15 is 0 Å². The van der Waals surface area contributed by atoms with Crippen LogP contribution in [0, 0.1) is 5.82 Å². The third-order valence-electron chi connectivity index (χ3n) is 3.03. The Bertz CT molecular complexity index is 515. The molecular formula is C14H18FN3O2. The van der Waals surface area contributed by atoms with Gasteiger partial charge in [-0.15, -0.1) is 0 Å². The molecule has 1 aromatic carbocycles. The molecule has 1 aromatic rings. The largest absolute Gasteiger partial charge is 0.353 e. The normalized spacial score (nSPS) is 15.7. The van der Waals surface area contributed by atoms with Gasteiger partial charge < -0.3 is 10.2 Å². The topological polar surface area (TPSA) is 61.4 Å². The van der Waals surface area contributed by atoms with Crippen molar-refractivity contribution in [1.82, 2.24) is 10.6 Å². The Morgan fingerprint density at radius 1 is 1.30 bits per heavy atom. The maximum atomic E-state index is 13.4. The minimum atomic E-state index is -0.339. The lowest BCUT2D eigenvalue weighted by atomic mass is 10.1. The molecule has 108 valence electrons.